The summed E-state index contributed by atoms with van der Waals surface area (Å²) in [6.45, 7) is 9.05. The van der Waals surface area contributed by atoms with Gasteiger partial charge >= 0.3 is 0 Å². The molecule has 23 nitrogen and oxygen atoms in total. The lowest BCUT2D eigenvalue weighted by Crippen LogP contribution is -2.67. The molecule has 4 aliphatic heterocycles. The molecule has 23 heteroatoms. The molecule has 0 aromatic heterocycles. The van der Waals surface area contributed by atoms with E-state index in [0.29, 0.717) is 95.9 Å². The van der Waals surface area contributed by atoms with Crippen molar-refractivity contribution in [1.82, 2.24) is 35.1 Å². The molecule has 9 amide bonds. The molecule has 0 spiro atoms. The Morgan fingerprint density at radius 1 is 0.730 bits per heavy atom. The Morgan fingerprint density at radius 2 is 1.40 bits per heavy atom. The van der Waals surface area contributed by atoms with E-state index in [-0.39, 0.29) is 117 Å². The van der Waals surface area contributed by atoms with Gasteiger partial charge in [0.05, 0.1) is 56.7 Å². The summed E-state index contributed by atoms with van der Waals surface area (Å²) in [7, 11) is 2.00. The Balaban J connectivity index is 0.643. The maximum Gasteiger partial charge on any atom is 0.264 e. The third-order valence-electron chi connectivity index (χ3n) is 19.9. The van der Waals surface area contributed by atoms with Crippen molar-refractivity contribution < 1.29 is 67.3 Å². The van der Waals surface area contributed by atoms with Crippen molar-refractivity contribution >= 4 is 70.3 Å². The van der Waals surface area contributed by atoms with Gasteiger partial charge in [-0.2, -0.15) is 0 Å². The highest BCUT2D eigenvalue weighted by molar-refractivity contribution is 6.25. The Morgan fingerprint density at radius 3 is 2.10 bits per heavy atom. The molecule has 8 aliphatic rings. The van der Waals surface area contributed by atoms with E-state index >= 15 is 0 Å². The summed E-state index contributed by atoms with van der Waals surface area (Å²) in [4.78, 5) is 141. The number of aliphatic hydroxyl groups is 1. The van der Waals surface area contributed by atoms with Crippen LogP contribution in [0.2, 0.25) is 0 Å². The van der Waals surface area contributed by atoms with Crippen molar-refractivity contribution in [2.24, 2.45) is 17.3 Å². The molecule has 0 radical (unpaired) electrons. The number of hydrogen-bond acceptors (Lipinski definition) is 16. The monoisotopic (exact) mass is 1230 g/mol. The number of carbonyl (C=O) groups is 10. The van der Waals surface area contributed by atoms with E-state index in [4.69, 9.17) is 14.2 Å². The Kier molecular flexibility index (Phi) is 20.8. The van der Waals surface area contributed by atoms with Gasteiger partial charge < -0.3 is 54.5 Å². The minimum atomic E-state index is -1.04. The normalized spacial score (nSPS) is 25.9. The minimum absolute atomic E-state index is 0.0148. The Bertz CT molecular complexity index is 3130. The Labute approximate surface area is 520 Å². The van der Waals surface area contributed by atoms with E-state index in [0.717, 1.165) is 49.1 Å². The van der Waals surface area contributed by atoms with Gasteiger partial charge in [-0.3, -0.25) is 58.2 Å². The first-order valence-corrected chi connectivity index (χ1v) is 32.0. The van der Waals surface area contributed by atoms with Crippen LogP contribution in [-0.4, -0.2) is 218 Å². The number of rotatable bonds is 24. The van der Waals surface area contributed by atoms with Crippen LogP contribution >= 0.6 is 0 Å². The lowest BCUT2D eigenvalue weighted by Gasteiger charge is -2.52. The van der Waals surface area contributed by atoms with Gasteiger partial charge in [0, 0.05) is 116 Å². The molecule has 5 fully saturated rings. The fourth-order valence-corrected chi connectivity index (χ4v) is 15.1. The number of nitrogens with zero attached hydrogens (tertiary/aromatic N) is 6. The summed E-state index contributed by atoms with van der Waals surface area (Å²) < 4.78 is 17.1. The van der Waals surface area contributed by atoms with Gasteiger partial charge in [0.15, 0.2) is 5.78 Å². The average molecular weight is 1230 g/mol. The molecule has 480 valence electrons. The van der Waals surface area contributed by atoms with Gasteiger partial charge in [0.25, 0.3) is 11.8 Å². The lowest BCUT2D eigenvalue weighted by molar-refractivity contribution is -0.158. The molecular formula is C66H87N9O14. The average Bonchev–Trinajstić information content (AvgIpc) is 1.72. The van der Waals surface area contributed by atoms with Crippen LogP contribution in [0.15, 0.2) is 65.3 Å². The van der Waals surface area contributed by atoms with Crippen molar-refractivity contribution in [3.05, 3.63) is 82.0 Å². The van der Waals surface area contributed by atoms with Crippen molar-refractivity contribution in [2.45, 2.75) is 134 Å². The minimum Gasteiger partial charge on any atom is -0.393 e. The standard InChI is InChI=1S/C66H87N9O14/c1-41(76)71-28-30-74(54(39-71)61(82)68-25-8-32-88-34-36-89-35-33-87-31-7-24-67-52-10-5-9-49-60(52)65(86)75(63(49)84)53-21-23-57(80)69-62(53)83)64(85)55-40-72(42(2)77)27-29-73(55)58(81)11-6-26-70(4)45-15-12-43(13-16-45)50-38-66(3)51(20-22-56(66)79)48-18-14-44-37-46(78)17-19-47(44)59(48)50/h5,9-10,12-13,15-16,37,48,50-51,53-56,67,79H,6-8,11,14,17-36,38-40H2,1-4H3,(H,68,82)(H,69,80,83)/t48-,50+,51?,53?,54?,55?,56-,66-/m0/s1. The second-order valence-corrected chi connectivity index (χ2v) is 25.3. The van der Waals surface area contributed by atoms with Gasteiger partial charge in [-0.05, 0) is 129 Å². The first-order chi connectivity index (χ1) is 42.8. The summed E-state index contributed by atoms with van der Waals surface area (Å²) in [6, 6.07) is 10.5. The molecule has 3 saturated heterocycles. The van der Waals surface area contributed by atoms with Crippen molar-refractivity contribution in [3.8, 4) is 0 Å². The quantitative estimate of drug-likeness (QED) is 0.0861. The number of nitrogens with one attached hydrogen (secondary N) is 3. The number of benzene rings is 2. The maximum atomic E-state index is 14.7. The molecule has 2 aromatic rings. The van der Waals surface area contributed by atoms with E-state index in [1.807, 2.05) is 13.1 Å². The van der Waals surface area contributed by atoms with Gasteiger partial charge in [0.2, 0.25) is 41.4 Å². The largest absolute Gasteiger partial charge is 0.393 e. The highest BCUT2D eigenvalue weighted by Gasteiger charge is 2.56. The van der Waals surface area contributed by atoms with E-state index < -0.39 is 53.6 Å². The van der Waals surface area contributed by atoms with E-state index in [1.165, 1.54) is 45.9 Å². The van der Waals surface area contributed by atoms with E-state index in [1.54, 1.807) is 28.0 Å². The number of piperazine rings is 2. The Hall–Kier alpha value is -7.34. The van der Waals surface area contributed by atoms with Gasteiger partial charge in [-0.25, -0.2) is 0 Å². The molecule has 89 heavy (non-hydrogen) atoms. The zero-order chi connectivity index (χ0) is 63.1. The molecule has 0 bridgehead atoms. The van der Waals surface area contributed by atoms with Crippen molar-refractivity contribution in [2.75, 3.05) is 116 Å². The van der Waals surface area contributed by atoms with Crippen LogP contribution in [0.5, 0.6) is 0 Å². The maximum absolute atomic E-state index is 14.7. The molecule has 4 heterocycles. The topological polar surface area (TPSA) is 274 Å². The highest BCUT2D eigenvalue weighted by Crippen LogP contribution is 2.64. The SMILES string of the molecule is CC(=O)N1CCN(C(=O)CCCN(C)c2ccc([C@H]3C[C@@]4(C)C(CC[C@@H]4O)[C@@H]4CCC5=CC(=O)CCC5=C43)cc2)C(C(=O)N2CCN(C(C)=O)CC2C(=O)NCCCOCCOCCOCCCNc2cccc3c2C(=O)N(C2CCC(=O)NC2=O)C3=O)C1. The number of allylic oxidation sites excluding steroid dienone is 4. The molecule has 4 unspecified atom stereocenters. The highest BCUT2D eigenvalue weighted by atomic mass is 16.5. The zero-order valence-corrected chi connectivity index (χ0v) is 51.9. The number of piperidine rings is 1. The fraction of sp³-hybridized carbons (Fsp3) is 0.606. The van der Waals surface area contributed by atoms with Gasteiger partial charge in [0.1, 0.15) is 18.1 Å². The number of ketones is 1. The molecule has 10 rings (SSSR count). The summed E-state index contributed by atoms with van der Waals surface area (Å²) in [5.74, 6) is -2.61. The molecule has 2 saturated carbocycles. The fourth-order valence-electron chi connectivity index (χ4n) is 15.1. The molecule has 2 aromatic carbocycles. The van der Waals surface area contributed by atoms with Crippen LogP contribution in [0, 0.1) is 17.3 Å². The van der Waals surface area contributed by atoms with Crippen molar-refractivity contribution in [3.63, 3.8) is 0 Å². The number of anilines is 2. The third kappa shape index (κ3) is 14.2. The number of carbonyl (C=O) groups excluding carboxylic acids is 10. The number of ether oxygens (including phenoxy) is 3. The summed E-state index contributed by atoms with van der Waals surface area (Å²) >= 11 is 0. The number of fused-ring (bicyclic) bond motifs is 5. The van der Waals surface area contributed by atoms with Gasteiger partial charge in [-0.1, -0.05) is 30.7 Å². The van der Waals surface area contributed by atoms with Gasteiger partial charge in [-0.15, -0.1) is 0 Å². The predicted molar refractivity (Wildman–Crippen MR) is 327 cm³/mol. The second kappa shape index (κ2) is 28.7. The molecular weight excluding hydrogens is 1140 g/mol. The molecule has 4 N–H and O–H groups in total. The van der Waals surface area contributed by atoms with Crippen LogP contribution in [0.1, 0.15) is 136 Å². The van der Waals surface area contributed by atoms with Crippen LogP contribution in [0.25, 0.3) is 0 Å². The number of hydrogen-bond donors (Lipinski definition) is 4. The predicted octanol–water partition coefficient (Wildman–Crippen LogP) is 3.74. The van der Waals surface area contributed by atoms with E-state index in [2.05, 4.69) is 52.0 Å². The third-order valence-corrected chi connectivity index (χ3v) is 19.9. The molecule has 8 atom stereocenters. The number of amides is 9. The summed E-state index contributed by atoms with van der Waals surface area (Å²) in [5, 5.41) is 19.7. The summed E-state index contributed by atoms with van der Waals surface area (Å²) in [5.41, 5.74) is 7.00. The smallest absolute Gasteiger partial charge is 0.264 e. The first-order valence-electron chi connectivity index (χ1n) is 32.0. The van der Waals surface area contributed by atoms with Crippen molar-refractivity contribution in [1.29, 1.82) is 0 Å². The van der Waals surface area contributed by atoms with Crippen LogP contribution in [0.3, 0.4) is 0 Å². The summed E-state index contributed by atoms with van der Waals surface area (Å²) in [6.07, 6.45) is 9.39. The first kappa shape index (κ1) is 64.6. The van der Waals surface area contributed by atoms with E-state index in [9.17, 15) is 53.1 Å². The number of aliphatic hydroxyl groups excluding tert-OH is 1. The number of imide groups is 2. The zero-order valence-electron chi connectivity index (χ0n) is 51.9. The molecule has 4 aliphatic carbocycles. The second-order valence-electron chi connectivity index (χ2n) is 25.3. The lowest BCUT2D eigenvalue weighted by atomic mass is 9.53. The van der Waals surface area contributed by atoms with Crippen LogP contribution in [0.4, 0.5) is 11.4 Å². The van der Waals surface area contributed by atoms with Crippen LogP contribution < -0.4 is 20.9 Å². The van der Waals surface area contributed by atoms with Crippen LogP contribution in [-0.2, 0) is 52.6 Å².